The second-order valence-electron chi connectivity index (χ2n) is 5.90. The van der Waals surface area contributed by atoms with Crippen LogP contribution in [0.5, 0.6) is 0 Å². The fourth-order valence-corrected chi connectivity index (χ4v) is 3.49. The van der Waals surface area contributed by atoms with Crippen molar-refractivity contribution in [1.82, 2.24) is 30.4 Å². The minimum absolute atomic E-state index is 0.147. The van der Waals surface area contributed by atoms with Gasteiger partial charge >= 0.3 is 0 Å². The van der Waals surface area contributed by atoms with Crippen LogP contribution in [-0.2, 0) is 10.5 Å². The Morgan fingerprint density at radius 3 is 2.79 bits per heavy atom. The smallest absolute Gasteiger partial charge is 0.247 e. The number of aromatic nitrogens is 6. The highest BCUT2D eigenvalue weighted by atomic mass is 79.9. The fraction of sp³-hybridized carbons (Fsp3) is 0.111. The minimum atomic E-state index is -0.147. The lowest BCUT2D eigenvalue weighted by molar-refractivity contribution is -0.114. The summed E-state index contributed by atoms with van der Waals surface area (Å²) >= 11 is 4.77. The third-order valence-corrected chi connectivity index (χ3v) is 5.17. The van der Waals surface area contributed by atoms with Gasteiger partial charge in [0.1, 0.15) is 0 Å². The minimum Gasteiger partial charge on any atom is -0.420 e. The number of halogens is 1. The Kier molecular flexibility index (Phi) is 5.67. The van der Waals surface area contributed by atoms with E-state index in [1.165, 1.54) is 18.7 Å². The summed E-state index contributed by atoms with van der Waals surface area (Å²) in [5, 5.41) is 23.3. The summed E-state index contributed by atoms with van der Waals surface area (Å²) in [7, 11) is 0. The number of nitrogens with one attached hydrogen (secondary N) is 1. The van der Waals surface area contributed by atoms with E-state index in [-0.39, 0.29) is 5.91 Å². The van der Waals surface area contributed by atoms with E-state index >= 15 is 0 Å². The molecule has 1 amide bonds. The number of hydrogen-bond donors (Lipinski definition) is 1. The number of tetrazole rings is 1. The lowest BCUT2D eigenvalue weighted by Gasteiger charge is -2.06. The molecule has 4 aromatic rings. The summed E-state index contributed by atoms with van der Waals surface area (Å²) in [6.07, 6.45) is 0. The molecule has 0 aliphatic heterocycles. The molecule has 2 aromatic heterocycles. The van der Waals surface area contributed by atoms with Gasteiger partial charge in [-0.2, -0.15) is 4.68 Å². The summed E-state index contributed by atoms with van der Waals surface area (Å²) in [6, 6.07) is 14.9. The van der Waals surface area contributed by atoms with Gasteiger partial charge in [0.05, 0.1) is 11.4 Å². The normalized spacial score (nSPS) is 10.8. The van der Waals surface area contributed by atoms with Crippen molar-refractivity contribution >= 4 is 39.3 Å². The Bertz CT molecular complexity index is 1140. The van der Waals surface area contributed by atoms with Crippen molar-refractivity contribution in [2.24, 2.45) is 0 Å². The van der Waals surface area contributed by atoms with E-state index in [4.69, 9.17) is 4.42 Å². The first kappa shape index (κ1) is 19.3. The number of thioether (sulfide) groups is 1. The van der Waals surface area contributed by atoms with E-state index in [2.05, 4.69) is 47.0 Å². The van der Waals surface area contributed by atoms with Gasteiger partial charge in [-0.15, -0.1) is 15.3 Å². The second-order valence-corrected chi connectivity index (χ2v) is 7.76. The largest absolute Gasteiger partial charge is 0.420 e. The summed E-state index contributed by atoms with van der Waals surface area (Å²) in [5.41, 5.74) is 2.24. The number of amides is 1. The topological polar surface area (TPSA) is 112 Å². The molecule has 0 saturated carbocycles. The Balaban J connectivity index is 1.48. The number of nitrogens with zero attached hydrogens (tertiary/aromatic N) is 6. The highest BCUT2D eigenvalue weighted by molar-refractivity contribution is 9.10. The van der Waals surface area contributed by atoms with Crippen LogP contribution in [0.4, 0.5) is 5.69 Å². The zero-order chi connectivity index (χ0) is 20.2. The molecule has 2 aromatic carbocycles. The highest BCUT2D eigenvalue weighted by Crippen LogP contribution is 2.25. The number of rotatable bonds is 6. The maximum Gasteiger partial charge on any atom is 0.247 e. The van der Waals surface area contributed by atoms with Crippen molar-refractivity contribution in [2.75, 3.05) is 5.32 Å². The summed E-state index contributed by atoms with van der Waals surface area (Å²) in [4.78, 5) is 11.3. The Morgan fingerprint density at radius 1 is 1.17 bits per heavy atom. The molecule has 1 N–H and O–H groups in total. The molecule has 0 unspecified atom stereocenters. The van der Waals surface area contributed by atoms with Crippen LogP contribution in [-0.4, -0.2) is 36.3 Å². The average Bonchev–Trinajstić information content (AvgIpc) is 3.36. The van der Waals surface area contributed by atoms with Gasteiger partial charge in [0.15, 0.2) is 0 Å². The number of benzene rings is 2. The number of anilines is 1. The van der Waals surface area contributed by atoms with E-state index in [1.807, 2.05) is 36.4 Å². The SMILES string of the molecule is CC(=O)Nc1cccc(-n2nnnc2SCc2nnc(-c3ccc(Br)cc3)o2)c1. The predicted octanol–water partition coefficient (Wildman–Crippen LogP) is 3.73. The van der Waals surface area contributed by atoms with Crippen molar-refractivity contribution in [1.29, 1.82) is 0 Å². The highest BCUT2D eigenvalue weighted by Gasteiger charge is 2.14. The molecule has 0 aliphatic carbocycles. The Labute approximate surface area is 178 Å². The van der Waals surface area contributed by atoms with Crippen molar-refractivity contribution < 1.29 is 9.21 Å². The molecule has 29 heavy (non-hydrogen) atoms. The van der Waals surface area contributed by atoms with Gasteiger partial charge in [0.25, 0.3) is 0 Å². The third kappa shape index (κ3) is 4.69. The van der Waals surface area contributed by atoms with Crippen molar-refractivity contribution in [3.8, 4) is 17.1 Å². The zero-order valence-corrected chi connectivity index (χ0v) is 17.5. The number of carbonyl (C=O) groups is 1. The monoisotopic (exact) mass is 471 g/mol. The molecule has 0 fully saturated rings. The summed E-state index contributed by atoms with van der Waals surface area (Å²) in [6.45, 7) is 1.46. The van der Waals surface area contributed by atoms with Crippen LogP contribution in [0.3, 0.4) is 0 Å². The third-order valence-electron chi connectivity index (χ3n) is 3.73. The fourth-order valence-electron chi connectivity index (χ4n) is 2.50. The van der Waals surface area contributed by atoms with Gasteiger partial charge in [-0.25, -0.2) is 0 Å². The lowest BCUT2D eigenvalue weighted by atomic mass is 10.2. The molecule has 0 radical (unpaired) electrons. The molecule has 4 rings (SSSR count). The molecule has 2 heterocycles. The first-order valence-corrected chi connectivity index (χ1v) is 10.2. The van der Waals surface area contributed by atoms with Gasteiger partial charge < -0.3 is 9.73 Å². The van der Waals surface area contributed by atoms with Crippen LogP contribution in [0.2, 0.25) is 0 Å². The molecule has 146 valence electrons. The van der Waals surface area contributed by atoms with E-state index in [0.29, 0.717) is 28.4 Å². The second kappa shape index (κ2) is 8.53. The molecule has 0 saturated heterocycles. The number of hydrogen-bond acceptors (Lipinski definition) is 8. The first-order chi connectivity index (χ1) is 14.1. The lowest BCUT2D eigenvalue weighted by Crippen LogP contribution is -2.07. The van der Waals surface area contributed by atoms with Crippen LogP contribution in [0, 0.1) is 0 Å². The van der Waals surface area contributed by atoms with E-state index < -0.39 is 0 Å². The molecule has 0 aliphatic rings. The predicted molar refractivity (Wildman–Crippen MR) is 110 cm³/mol. The first-order valence-electron chi connectivity index (χ1n) is 8.46. The molecule has 11 heteroatoms. The Morgan fingerprint density at radius 2 is 2.00 bits per heavy atom. The van der Waals surface area contributed by atoms with E-state index in [9.17, 15) is 4.79 Å². The van der Waals surface area contributed by atoms with Crippen LogP contribution in [0.1, 0.15) is 12.8 Å². The summed E-state index contributed by atoms with van der Waals surface area (Å²) < 4.78 is 8.30. The quantitative estimate of drug-likeness (QED) is 0.423. The molecule has 0 spiro atoms. The standard InChI is InChI=1S/C18H14BrN7O2S/c1-11(27)20-14-3-2-4-15(9-14)26-18(23-24-25-26)29-10-16-21-22-17(28-16)12-5-7-13(19)8-6-12/h2-9H,10H2,1H3,(H,20,27). The maximum absolute atomic E-state index is 11.3. The van der Waals surface area contributed by atoms with Crippen LogP contribution in [0.25, 0.3) is 17.1 Å². The van der Waals surface area contributed by atoms with Gasteiger partial charge in [-0.05, 0) is 52.9 Å². The molecular weight excluding hydrogens is 458 g/mol. The average molecular weight is 472 g/mol. The molecule has 9 nitrogen and oxygen atoms in total. The van der Waals surface area contributed by atoms with Gasteiger partial charge in [0.2, 0.25) is 22.8 Å². The maximum atomic E-state index is 11.3. The Hall–Kier alpha value is -3.05. The van der Waals surface area contributed by atoms with E-state index in [0.717, 1.165) is 15.7 Å². The molecule has 0 atom stereocenters. The van der Waals surface area contributed by atoms with Crippen LogP contribution in [0.15, 0.2) is 62.6 Å². The van der Waals surface area contributed by atoms with Gasteiger partial charge in [-0.3, -0.25) is 4.79 Å². The van der Waals surface area contributed by atoms with Crippen LogP contribution >= 0.6 is 27.7 Å². The van der Waals surface area contributed by atoms with Crippen molar-refractivity contribution in [2.45, 2.75) is 17.8 Å². The zero-order valence-electron chi connectivity index (χ0n) is 15.1. The van der Waals surface area contributed by atoms with E-state index in [1.54, 1.807) is 16.8 Å². The summed E-state index contributed by atoms with van der Waals surface area (Å²) in [5.74, 6) is 1.19. The van der Waals surface area contributed by atoms with Gasteiger partial charge in [0, 0.05) is 22.6 Å². The molecule has 0 bridgehead atoms. The van der Waals surface area contributed by atoms with Gasteiger partial charge in [-0.1, -0.05) is 33.8 Å². The van der Waals surface area contributed by atoms with Crippen LogP contribution < -0.4 is 5.32 Å². The van der Waals surface area contributed by atoms with Crippen molar-refractivity contribution in [3.63, 3.8) is 0 Å². The van der Waals surface area contributed by atoms with Crippen molar-refractivity contribution in [3.05, 3.63) is 58.9 Å². The number of carbonyl (C=O) groups excluding carboxylic acids is 1. The molecular formula is C18H14BrN7O2S.